The molecule has 0 unspecified atom stereocenters. The van der Waals surface area contributed by atoms with Crippen molar-refractivity contribution >= 4 is 11.8 Å². The minimum atomic E-state index is -0.593. The third kappa shape index (κ3) is 7.05. The van der Waals surface area contributed by atoms with Crippen LogP contribution in [0.3, 0.4) is 0 Å². The summed E-state index contributed by atoms with van der Waals surface area (Å²) in [4.78, 5) is 11.3. The van der Waals surface area contributed by atoms with Gasteiger partial charge in [0, 0.05) is 16.2 Å². The number of hydrogen-bond acceptors (Lipinski definition) is 8. The van der Waals surface area contributed by atoms with Crippen molar-refractivity contribution in [3.05, 3.63) is 99.6 Å². The van der Waals surface area contributed by atoms with Crippen LogP contribution in [0.5, 0.6) is 17.2 Å². The number of thioether (sulfide) groups is 1. The fourth-order valence-electron chi connectivity index (χ4n) is 3.93. The number of halogens is 1. The van der Waals surface area contributed by atoms with E-state index in [1.807, 2.05) is 49.6 Å². The van der Waals surface area contributed by atoms with Crippen LogP contribution in [0.2, 0.25) is 0 Å². The van der Waals surface area contributed by atoms with Crippen LogP contribution in [0.1, 0.15) is 36.0 Å². The maximum atomic E-state index is 14.1. The summed E-state index contributed by atoms with van der Waals surface area (Å²) in [5.74, 6) is 1.87. The number of aromatic nitrogens is 3. The molecule has 4 aromatic rings. The number of nitro groups is 1. The van der Waals surface area contributed by atoms with Gasteiger partial charge < -0.3 is 14.2 Å². The third-order valence-corrected chi connectivity index (χ3v) is 6.92. The van der Waals surface area contributed by atoms with Gasteiger partial charge in [0.15, 0.2) is 16.7 Å². The Morgan fingerprint density at radius 3 is 2.41 bits per heavy atom. The highest BCUT2D eigenvalue weighted by Crippen LogP contribution is 2.40. The Kier molecular flexibility index (Phi) is 9.37. The van der Waals surface area contributed by atoms with Crippen molar-refractivity contribution in [1.82, 2.24) is 14.8 Å². The summed E-state index contributed by atoms with van der Waals surface area (Å²) in [7, 11) is 0. The second kappa shape index (κ2) is 13.1. The van der Waals surface area contributed by atoms with Crippen molar-refractivity contribution < 1.29 is 23.5 Å². The van der Waals surface area contributed by atoms with E-state index in [0.717, 1.165) is 11.4 Å². The van der Waals surface area contributed by atoms with Gasteiger partial charge in [-0.2, -0.15) is 0 Å². The van der Waals surface area contributed by atoms with Crippen LogP contribution in [0.15, 0.2) is 71.9 Å². The van der Waals surface area contributed by atoms with Gasteiger partial charge in [-0.3, -0.25) is 14.7 Å². The Morgan fingerprint density at radius 1 is 0.974 bits per heavy atom. The predicted octanol–water partition coefficient (Wildman–Crippen LogP) is 6.20. The lowest BCUT2D eigenvalue weighted by Crippen LogP contribution is -2.12. The molecule has 1 heterocycles. The molecule has 0 saturated heterocycles. The van der Waals surface area contributed by atoms with E-state index in [1.54, 1.807) is 36.4 Å². The van der Waals surface area contributed by atoms with Gasteiger partial charge in [-0.05, 0) is 68.8 Å². The SMILES string of the molecule is CCOc1ccc(-n2c(C)nnc2S[C@H](C[N+](=O)[O-])c2ccc(OCc3ccccc3F)c(OCC)c2)cc1. The van der Waals surface area contributed by atoms with E-state index in [1.165, 1.54) is 17.8 Å². The van der Waals surface area contributed by atoms with Gasteiger partial charge >= 0.3 is 0 Å². The number of benzene rings is 3. The van der Waals surface area contributed by atoms with Crippen molar-refractivity contribution in [1.29, 1.82) is 0 Å². The van der Waals surface area contributed by atoms with E-state index >= 15 is 0 Å². The predicted molar refractivity (Wildman–Crippen MR) is 146 cm³/mol. The Morgan fingerprint density at radius 2 is 1.72 bits per heavy atom. The van der Waals surface area contributed by atoms with Crippen LogP contribution in [-0.2, 0) is 6.61 Å². The first-order valence-electron chi connectivity index (χ1n) is 12.5. The Bertz CT molecular complexity index is 1410. The highest BCUT2D eigenvalue weighted by molar-refractivity contribution is 7.99. The number of rotatable bonds is 13. The van der Waals surface area contributed by atoms with Gasteiger partial charge in [0.25, 0.3) is 0 Å². The molecule has 204 valence electrons. The van der Waals surface area contributed by atoms with Gasteiger partial charge in [-0.25, -0.2) is 4.39 Å². The van der Waals surface area contributed by atoms with Gasteiger partial charge in [-0.1, -0.05) is 36.0 Å². The third-order valence-electron chi connectivity index (χ3n) is 5.74. The van der Waals surface area contributed by atoms with Crippen molar-refractivity contribution in [2.75, 3.05) is 19.8 Å². The molecule has 1 atom stereocenters. The molecule has 0 amide bonds. The van der Waals surface area contributed by atoms with Gasteiger partial charge in [0.1, 0.15) is 29.2 Å². The zero-order valence-electron chi connectivity index (χ0n) is 21.9. The fraction of sp³-hybridized carbons (Fsp3) is 0.286. The standard InChI is InChI=1S/C28H29FN4O5S/c1-4-36-23-13-11-22(12-14-23)33-19(3)30-31-28(33)39-27(17-32(34)35)20-10-15-25(26(16-20)37-5-2)38-18-21-8-6-7-9-24(21)29/h6-16,27H,4-5,17-18H2,1-3H3/t27-/m1/s1. The molecule has 0 spiro atoms. The minimum absolute atomic E-state index is 0.0175. The van der Waals surface area contributed by atoms with Crippen LogP contribution >= 0.6 is 11.8 Å². The van der Waals surface area contributed by atoms with Crippen LogP contribution in [0, 0.1) is 22.9 Å². The van der Waals surface area contributed by atoms with Crippen molar-refractivity contribution in [3.8, 4) is 22.9 Å². The number of hydrogen-bond donors (Lipinski definition) is 0. The maximum absolute atomic E-state index is 14.1. The van der Waals surface area contributed by atoms with Crippen LogP contribution in [0.4, 0.5) is 4.39 Å². The Balaban J connectivity index is 1.61. The maximum Gasteiger partial charge on any atom is 0.220 e. The normalized spacial score (nSPS) is 11.7. The summed E-state index contributed by atoms with van der Waals surface area (Å²) >= 11 is 1.24. The summed E-state index contributed by atoms with van der Waals surface area (Å²) in [6.07, 6.45) is 0. The molecule has 9 nitrogen and oxygen atoms in total. The zero-order chi connectivity index (χ0) is 27.8. The highest BCUT2D eigenvalue weighted by Gasteiger charge is 2.25. The lowest BCUT2D eigenvalue weighted by molar-refractivity contribution is -0.479. The van der Waals surface area contributed by atoms with E-state index in [4.69, 9.17) is 14.2 Å². The summed E-state index contributed by atoms with van der Waals surface area (Å²) in [6, 6.07) is 19.0. The highest BCUT2D eigenvalue weighted by atomic mass is 32.2. The molecule has 11 heteroatoms. The molecule has 1 aromatic heterocycles. The molecule has 39 heavy (non-hydrogen) atoms. The van der Waals surface area contributed by atoms with Gasteiger partial charge in [0.2, 0.25) is 6.54 Å². The van der Waals surface area contributed by atoms with Crippen LogP contribution in [-0.4, -0.2) is 39.4 Å². The van der Waals surface area contributed by atoms with Crippen molar-refractivity contribution in [3.63, 3.8) is 0 Å². The molecule has 0 N–H and O–H groups in total. The first-order chi connectivity index (χ1) is 18.9. The first-order valence-corrected chi connectivity index (χ1v) is 13.3. The van der Waals surface area contributed by atoms with E-state index in [0.29, 0.717) is 46.8 Å². The topological polar surface area (TPSA) is 102 Å². The van der Waals surface area contributed by atoms with Crippen LogP contribution < -0.4 is 14.2 Å². The average Bonchev–Trinajstić information content (AvgIpc) is 3.28. The van der Waals surface area contributed by atoms with E-state index < -0.39 is 5.25 Å². The molecule has 0 aliphatic heterocycles. The fourth-order valence-corrected chi connectivity index (χ4v) is 5.10. The largest absolute Gasteiger partial charge is 0.494 e. The zero-order valence-corrected chi connectivity index (χ0v) is 22.7. The summed E-state index contributed by atoms with van der Waals surface area (Å²) in [5.41, 5.74) is 1.89. The second-order valence-corrected chi connectivity index (χ2v) is 9.60. The molecule has 0 bridgehead atoms. The average molecular weight is 553 g/mol. The molecule has 0 aliphatic carbocycles. The Labute approximate surface area is 230 Å². The van der Waals surface area contributed by atoms with Gasteiger partial charge in [0.05, 0.1) is 13.2 Å². The van der Waals surface area contributed by atoms with Crippen LogP contribution in [0.25, 0.3) is 5.69 Å². The van der Waals surface area contributed by atoms with Crippen molar-refractivity contribution in [2.45, 2.75) is 37.8 Å². The van der Waals surface area contributed by atoms with Crippen molar-refractivity contribution in [2.24, 2.45) is 0 Å². The minimum Gasteiger partial charge on any atom is -0.494 e. The quantitative estimate of drug-likeness (QED) is 0.110. The molecule has 0 radical (unpaired) electrons. The summed E-state index contributed by atoms with van der Waals surface area (Å²) in [5, 5.41) is 20.1. The molecular formula is C28H29FN4O5S. The molecule has 0 aliphatic rings. The lowest BCUT2D eigenvalue weighted by atomic mass is 10.1. The lowest BCUT2D eigenvalue weighted by Gasteiger charge is -2.17. The van der Waals surface area contributed by atoms with E-state index in [-0.39, 0.29) is 23.9 Å². The summed E-state index contributed by atoms with van der Waals surface area (Å²) < 4.78 is 33.1. The molecular weight excluding hydrogens is 523 g/mol. The Hall–Kier alpha value is -4.12. The van der Waals surface area contributed by atoms with Gasteiger partial charge in [-0.15, -0.1) is 10.2 Å². The number of ether oxygens (including phenoxy) is 3. The molecule has 3 aromatic carbocycles. The second-order valence-electron chi connectivity index (χ2n) is 8.43. The molecule has 0 fully saturated rings. The van der Waals surface area contributed by atoms with E-state index in [9.17, 15) is 14.5 Å². The molecule has 4 rings (SSSR count). The smallest absolute Gasteiger partial charge is 0.220 e. The summed E-state index contributed by atoms with van der Waals surface area (Å²) in [6.45, 7) is 6.16. The number of nitrogens with zero attached hydrogens (tertiary/aromatic N) is 4. The first kappa shape index (κ1) is 27.9. The number of aryl methyl sites for hydroxylation is 1. The molecule has 0 saturated carbocycles. The van der Waals surface area contributed by atoms with E-state index in [2.05, 4.69) is 10.2 Å². The monoisotopic (exact) mass is 552 g/mol.